The maximum Gasteiger partial charge on any atom is 0.407 e. The van der Waals surface area contributed by atoms with Crippen LogP contribution in [0.25, 0.3) is 0 Å². The molecule has 0 saturated carbocycles. The lowest BCUT2D eigenvalue weighted by atomic mass is 10.1. The predicted octanol–water partition coefficient (Wildman–Crippen LogP) is 0.706. The van der Waals surface area contributed by atoms with Gasteiger partial charge in [0.25, 0.3) is 0 Å². The van der Waals surface area contributed by atoms with E-state index in [2.05, 4.69) is 10.3 Å². The van der Waals surface area contributed by atoms with Crippen LogP contribution in [0.4, 0.5) is 4.79 Å². The highest BCUT2D eigenvalue weighted by Gasteiger charge is 2.27. The third kappa shape index (κ3) is 2.07. The van der Waals surface area contributed by atoms with E-state index in [1.807, 2.05) is 12.1 Å². The molecule has 1 unspecified atom stereocenters. The number of nitrogens with one attached hydrogen (secondary N) is 1. The van der Waals surface area contributed by atoms with Gasteiger partial charge < -0.3 is 10.4 Å². The van der Waals surface area contributed by atoms with Gasteiger partial charge in [-0.25, -0.2) is 4.79 Å². The molecule has 2 N–H and O–H groups in total. The lowest BCUT2D eigenvalue weighted by molar-refractivity contribution is 0.112. The molecule has 5 heteroatoms. The lowest BCUT2D eigenvalue weighted by Crippen LogP contribution is -2.48. The third-order valence-electron chi connectivity index (χ3n) is 2.58. The van der Waals surface area contributed by atoms with E-state index in [0.717, 1.165) is 5.56 Å². The van der Waals surface area contributed by atoms with Gasteiger partial charge in [0.15, 0.2) is 0 Å². The van der Waals surface area contributed by atoms with Crippen LogP contribution in [0.5, 0.6) is 0 Å². The Morgan fingerprint density at radius 3 is 2.93 bits per heavy atom. The fourth-order valence-corrected chi connectivity index (χ4v) is 1.82. The van der Waals surface area contributed by atoms with Gasteiger partial charge in [0, 0.05) is 32.0 Å². The molecule has 1 atom stereocenters. The zero-order chi connectivity index (χ0) is 10.7. The van der Waals surface area contributed by atoms with E-state index in [4.69, 9.17) is 5.11 Å². The summed E-state index contributed by atoms with van der Waals surface area (Å²) >= 11 is 0. The van der Waals surface area contributed by atoms with Gasteiger partial charge in [-0.1, -0.05) is 0 Å². The van der Waals surface area contributed by atoms with Crippen LogP contribution in [0, 0.1) is 0 Å². The van der Waals surface area contributed by atoms with Crippen LogP contribution < -0.4 is 5.32 Å². The molecule has 2 heterocycles. The van der Waals surface area contributed by atoms with Crippen LogP contribution in [0.2, 0.25) is 0 Å². The number of carboxylic acid groups (broad SMARTS) is 1. The molecular weight excluding hydrogens is 194 g/mol. The number of piperazine rings is 1. The average Bonchev–Trinajstić information content (AvgIpc) is 2.30. The van der Waals surface area contributed by atoms with Crippen LogP contribution in [0.15, 0.2) is 24.5 Å². The van der Waals surface area contributed by atoms with Gasteiger partial charge in [-0.3, -0.25) is 9.88 Å². The zero-order valence-electron chi connectivity index (χ0n) is 8.26. The minimum absolute atomic E-state index is 0.0979. The summed E-state index contributed by atoms with van der Waals surface area (Å²) in [6, 6.07) is 3.61. The summed E-state index contributed by atoms with van der Waals surface area (Å²) in [5.74, 6) is 0. The fourth-order valence-electron chi connectivity index (χ4n) is 1.82. The Morgan fingerprint density at radius 2 is 2.27 bits per heavy atom. The SMILES string of the molecule is O=C(O)N1CCNCC1c1ccncc1. The van der Waals surface area contributed by atoms with Crippen molar-refractivity contribution < 1.29 is 9.90 Å². The van der Waals surface area contributed by atoms with Gasteiger partial charge in [0.05, 0.1) is 6.04 Å². The lowest BCUT2D eigenvalue weighted by Gasteiger charge is -2.34. The number of carbonyl (C=O) groups is 1. The molecule has 15 heavy (non-hydrogen) atoms. The van der Waals surface area contributed by atoms with Gasteiger partial charge >= 0.3 is 6.09 Å². The number of amides is 1. The predicted molar refractivity (Wildman–Crippen MR) is 54.6 cm³/mol. The second-order valence-electron chi connectivity index (χ2n) is 3.48. The quantitative estimate of drug-likeness (QED) is 0.711. The summed E-state index contributed by atoms with van der Waals surface area (Å²) in [5.41, 5.74) is 0.986. The molecule has 1 amide bonds. The second-order valence-corrected chi connectivity index (χ2v) is 3.48. The largest absolute Gasteiger partial charge is 0.465 e. The first-order valence-corrected chi connectivity index (χ1v) is 4.89. The summed E-state index contributed by atoms with van der Waals surface area (Å²) in [6.07, 6.45) is 2.51. The summed E-state index contributed by atoms with van der Waals surface area (Å²) in [4.78, 5) is 16.4. The first-order valence-electron chi connectivity index (χ1n) is 4.89. The Labute approximate surface area is 87.7 Å². The smallest absolute Gasteiger partial charge is 0.407 e. The molecule has 1 fully saturated rings. The molecule has 5 nitrogen and oxygen atoms in total. The number of nitrogens with zero attached hydrogens (tertiary/aromatic N) is 2. The molecule has 80 valence electrons. The summed E-state index contributed by atoms with van der Waals surface area (Å²) < 4.78 is 0. The highest BCUT2D eigenvalue weighted by Crippen LogP contribution is 2.21. The van der Waals surface area contributed by atoms with E-state index in [-0.39, 0.29) is 6.04 Å². The van der Waals surface area contributed by atoms with E-state index in [1.165, 1.54) is 4.90 Å². The number of pyridine rings is 1. The van der Waals surface area contributed by atoms with Crippen LogP contribution in [0.1, 0.15) is 11.6 Å². The molecule has 1 saturated heterocycles. The Kier molecular flexibility index (Phi) is 2.82. The van der Waals surface area contributed by atoms with Crippen molar-refractivity contribution in [2.45, 2.75) is 6.04 Å². The monoisotopic (exact) mass is 207 g/mol. The van der Waals surface area contributed by atoms with Gasteiger partial charge in [-0.05, 0) is 17.7 Å². The number of aromatic nitrogens is 1. The number of hydrogen-bond acceptors (Lipinski definition) is 3. The van der Waals surface area contributed by atoms with Gasteiger partial charge in [-0.15, -0.1) is 0 Å². The van der Waals surface area contributed by atoms with Crippen LogP contribution in [-0.4, -0.2) is 40.7 Å². The Morgan fingerprint density at radius 1 is 1.53 bits per heavy atom. The second kappa shape index (κ2) is 4.27. The van der Waals surface area contributed by atoms with E-state index < -0.39 is 6.09 Å². The third-order valence-corrected chi connectivity index (χ3v) is 2.58. The topological polar surface area (TPSA) is 65.5 Å². The molecule has 0 aromatic carbocycles. The molecular formula is C10H13N3O2. The molecule has 1 aromatic rings. The summed E-state index contributed by atoms with van der Waals surface area (Å²) in [6.45, 7) is 1.91. The minimum atomic E-state index is -0.863. The van der Waals surface area contributed by atoms with E-state index >= 15 is 0 Å². The van der Waals surface area contributed by atoms with Crippen molar-refractivity contribution >= 4 is 6.09 Å². The standard InChI is InChI=1S/C10H13N3O2/c14-10(15)13-6-5-12-7-9(13)8-1-3-11-4-2-8/h1-4,9,12H,5-7H2,(H,14,15). The molecule has 0 radical (unpaired) electrons. The molecule has 2 rings (SSSR count). The first kappa shape index (κ1) is 9.92. The van der Waals surface area contributed by atoms with Crippen molar-refractivity contribution in [2.75, 3.05) is 19.6 Å². The molecule has 1 aliphatic rings. The minimum Gasteiger partial charge on any atom is -0.465 e. The van der Waals surface area contributed by atoms with E-state index in [0.29, 0.717) is 19.6 Å². The number of hydrogen-bond donors (Lipinski definition) is 2. The Balaban J connectivity index is 2.22. The first-order chi connectivity index (χ1) is 7.29. The highest BCUT2D eigenvalue weighted by atomic mass is 16.4. The molecule has 1 aromatic heterocycles. The van der Waals surface area contributed by atoms with Crippen molar-refractivity contribution in [3.8, 4) is 0 Å². The number of rotatable bonds is 1. The maximum atomic E-state index is 11.0. The van der Waals surface area contributed by atoms with E-state index in [1.54, 1.807) is 12.4 Å². The molecule has 1 aliphatic heterocycles. The molecule has 0 bridgehead atoms. The Bertz CT molecular complexity index is 342. The van der Waals surface area contributed by atoms with Gasteiger partial charge in [0.1, 0.15) is 0 Å². The average molecular weight is 207 g/mol. The Hall–Kier alpha value is -1.62. The van der Waals surface area contributed by atoms with Crippen LogP contribution in [0.3, 0.4) is 0 Å². The molecule has 0 spiro atoms. The molecule has 0 aliphatic carbocycles. The van der Waals surface area contributed by atoms with Crippen LogP contribution in [-0.2, 0) is 0 Å². The van der Waals surface area contributed by atoms with Crippen molar-refractivity contribution in [2.24, 2.45) is 0 Å². The van der Waals surface area contributed by atoms with Crippen molar-refractivity contribution in [3.63, 3.8) is 0 Å². The highest BCUT2D eigenvalue weighted by molar-refractivity contribution is 5.66. The van der Waals surface area contributed by atoms with Crippen molar-refractivity contribution in [3.05, 3.63) is 30.1 Å². The fraction of sp³-hybridized carbons (Fsp3) is 0.400. The summed E-state index contributed by atoms with van der Waals surface area (Å²) in [7, 11) is 0. The zero-order valence-corrected chi connectivity index (χ0v) is 8.26. The normalized spacial score (nSPS) is 21.3. The van der Waals surface area contributed by atoms with Crippen molar-refractivity contribution in [1.29, 1.82) is 0 Å². The van der Waals surface area contributed by atoms with E-state index in [9.17, 15) is 4.79 Å². The van der Waals surface area contributed by atoms with Gasteiger partial charge in [0.2, 0.25) is 0 Å². The summed E-state index contributed by atoms with van der Waals surface area (Å²) in [5, 5.41) is 12.2. The maximum absolute atomic E-state index is 11.0. The van der Waals surface area contributed by atoms with Crippen molar-refractivity contribution in [1.82, 2.24) is 15.2 Å². The van der Waals surface area contributed by atoms with Gasteiger partial charge in [-0.2, -0.15) is 0 Å². The van der Waals surface area contributed by atoms with Crippen LogP contribution >= 0.6 is 0 Å².